The molecule has 6 N–H and O–H groups in total. The fraction of sp³-hybridized carbons (Fsp3) is 0.750. The molecule has 0 bridgehead atoms. The van der Waals surface area contributed by atoms with Gasteiger partial charge in [0.05, 0.1) is 13.2 Å². The van der Waals surface area contributed by atoms with E-state index in [0.29, 0.717) is 0 Å². The van der Waals surface area contributed by atoms with Crippen molar-refractivity contribution in [1.29, 1.82) is 0 Å². The van der Waals surface area contributed by atoms with E-state index in [1.807, 2.05) is 0 Å². The Kier molecular flexibility index (Phi) is 12.2. The minimum absolute atomic E-state index is 0.0610. The Morgan fingerprint density at radius 2 is 0.964 bits per heavy atom. The molecule has 164 valence electrons. The van der Waals surface area contributed by atoms with Crippen LogP contribution in [0, 0.1) is 0 Å². The molecule has 0 aromatic carbocycles. The molecule has 0 aromatic rings. The van der Waals surface area contributed by atoms with E-state index in [1.165, 1.54) is 13.8 Å². The maximum Gasteiger partial charge on any atom is 0.339 e. The van der Waals surface area contributed by atoms with Crippen LogP contribution in [0.15, 0.2) is 0 Å². The van der Waals surface area contributed by atoms with Gasteiger partial charge in [-0.15, -0.1) is 0 Å². The highest BCUT2D eigenvalue weighted by atomic mass is 16.6. The van der Waals surface area contributed by atoms with Crippen molar-refractivity contribution in [2.45, 2.75) is 63.9 Å². The number of carboxylic acid groups (broad SMARTS) is 2. The molecule has 0 aromatic heterocycles. The number of aliphatic carboxylic acids is 2. The second-order valence-corrected chi connectivity index (χ2v) is 5.43. The van der Waals surface area contributed by atoms with Crippen LogP contribution in [-0.4, -0.2) is 91.1 Å². The quantitative estimate of drug-likeness (QED) is 0.221. The summed E-state index contributed by atoms with van der Waals surface area (Å²) in [6, 6.07) is 0. The van der Waals surface area contributed by atoms with Crippen molar-refractivity contribution in [2.75, 3.05) is 13.2 Å². The normalized spacial score (nSPS) is 16.9. The molecule has 28 heavy (non-hydrogen) atoms. The first-order valence-electron chi connectivity index (χ1n) is 8.41. The number of ether oxygens (including phenoxy) is 2. The molecule has 0 heterocycles. The lowest BCUT2D eigenvalue weighted by Gasteiger charge is -2.35. The van der Waals surface area contributed by atoms with Gasteiger partial charge in [0.2, 0.25) is 11.2 Å². The highest BCUT2D eigenvalue weighted by molar-refractivity contribution is 5.90. The first-order chi connectivity index (χ1) is 12.8. The lowest BCUT2D eigenvalue weighted by Crippen LogP contribution is -2.63. The molecule has 0 fully saturated rings. The van der Waals surface area contributed by atoms with Gasteiger partial charge in [-0.2, -0.15) is 0 Å². The van der Waals surface area contributed by atoms with Crippen molar-refractivity contribution in [3.63, 3.8) is 0 Å². The van der Waals surface area contributed by atoms with Gasteiger partial charge in [-0.25, -0.2) is 19.2 Å². The first kappa shape index (κ1) is 27.9. The second-order valence-electron chi connectivity index (χ2n) is 5.43. The molecule has 0 saturated carbocycles. The Bertz CT molecular complexity index is 500. The Morgan fingerprint density at radius 3 is 1.11 bits per heavy atom. The Balaban J connectivity index is 0. The van der Waals surface area contributed by atoms with Gasteiger partial charge in [-0.3, -0.25) is 0 Å². The lowest BCUT2D eigenvalue weighted by atomic mass is 9.79. The van der Waals surface area contributed by atoms with Crippen LogP contribution in [0.2, 0.25) is 0 Å². The summed E-state index contributed by atoms with van der Waals surface area (Å²) in [5.41, 5.74) is -5.32. The average molecular weight is 412 g/mol. The maximum absolute atomic E-state index is 10.9. The molecule has 0 rings (SSSR count). The van der Waals surface area contributed by atoms with Crippen LogP contribution in [0.4, 0.5) is 0 Å². The maximum atomic E-state index is 10.9. The predicted molar refractivity (Wildman–Crippen MR) is 91.0 cm³/mol. The molecule has 12 nitrogen and oxygen atoms in total. The molecule has 4 atom stereocenters. The lowest BCUT2D eigenvalue weighted by molar-refractivity contribution is -0.208. The Hall–Kier alpha value is -2.28. The monoisotopic (exact) mass is 412 g/mol. The van der Waals surface area contributed by atoms with E-state index in [4.69, 9.17) is 20.4 Å². The van der Waals surface area contributed by atoms with Crippen LogP contribution in [-0.2, 0) is 28.7 Å². The third-order valence-electron chi connectivity index (χ3n) is 3.77. The number of esters is 2. The fourth-order valence-corrected chi connectivity index (χ4v) is 1.95. The van der Waals surface area contributed by atoms with Crippen LogP contribution >= 0.6 is 0 Å². The topological polar surface area (TPSA) is 208 Å². The number of carbonyl (C=O) groups is 4. The molecule has 0 aliphatic rings. The van der Waals surface area contributed by atoms with Crippen LogP contribution in [0.1, 0.15) is 40.5 Å². The molecular formula is C16H28O12. The molecular weight excluding hydrogens is 384 g/mol. The third kappa shape index (κ3) is 6.71. The molecule has 0 radical (unpaired) electrons. The third-order valence-corrected chi connectivity index (χ3v) is 3.77. The fourth-order valence-electron chi connectivity index (χ4n) is 1.95. The average Bonchev–Trinajstić information content (AvgIpc) is 2.65. The number of hydrogen-bond acceptors (Lipinski definition) is 10. The van der Waals surface area contributed by atoms with Gasteiger partial charge in [0, 0.05) is 0 Å². The summed E-state index contributed by atoms with van der Waals surface area (Å²) in [6.45, 7) is 5.79. The zero-order chi connectivity index (χ0) is 22.7. The van der Waals surface area contributed by atoms with E-state index in [2.05, 4.69) is 9.47 Å². The molecule has 0 amide bonds. The van der Waals surface area contributed by atoms with Crippen LogP contribution < -0.4 is 0 Å². The number of aliphatic hydroxyl groups excluding tert-OH is 2. The molecule has 0 unspecified atom stereocenters. The molecule has 0 aliphatic carbocycles. The molecule has 0 spiro atoms. The van der Waals surface area contributed by atoms with Crippen molar-refractivity contribution in [3.8, 4) is 0 Å². The summed E-state index contributed by atoms with van der Waals surface area (Å²) in [4.78, 5) is 43.1. The van der Waals surface area contributed by atoms with Gasteiger partial charge in [-0.1, -0.05) is 13.8 Å². The van der Waals surface area contributed by atoms with E-state index in [-0.39, 0.29) is 26.1 Å². The zero-order valence-corrected chi connectivity index (χ0v) is 16.1. The highest BCUT2D eigenvalue weighted by Gasteiger charge is 2.58. The number of carbonyl (C=O) groups excluding carboxylic acids is 2. The van der Waals surface area contributed by atoms with E-state index in [9.17, 15) is 29.4 Å². The summed E-state index contributed by atoms with van der Waals surface area (Å²) in [7, 11) is 0. The van der Waals surface area contributed by atoms with Crippen LogP contribution in [0.3, 0.4) is 0 Å². The minimum Gasteiger partial charge on any atom is -0.479 e. The van der Waals surface area contributed by atoms with Gasteiger partial charge >= 0.3 is 23.9 Å². The number of carboxylic acids is 2. The van der Waals surface area contributed by atoms with Crippen molar-refractivity contribution >= 4 is 23.9 Å². The first-order valence-corrected chi connectivity index (χ1v) is 8.41. The van der Waals surface area contributed by atoms with Gasteiger partial charge < -0.3 is 40.1 Å². The summed E-state index contributed by atoms with van der Waals surface area (Å²) in [6.07, 6.45) is -4.57. The van der Waals surface area contributed by atoms with Gasteiger partial charge in [0.25, 0.3) is 0 Å². The number of hydrogen-bond donors (Lipinski definition) is 6. The Labute approximate surface area is 161 Å². The molecule has 0 saturated heterocycles. The van der Waals surface area contributed by atoms with Crippen LogP contribution in [0.5, 0.6) is 0 Å². The second kappa shape index (κ2) is 12.2. The highest BCUT2D eigenvalue weighted by Crippen LogP contribution is 2.29. The van der Waals surface area contributed by atoms with Gasteiger partial charge in [0.15, 0.2) is 12.2 Å². The largest absolute Gasteiger partial charge is 0.479 e. The summed E-state index contributed by atoms with van der Waals surface area (Å²) >= 11 is 0. The zero-order valence-electron chi connectivity index (χ0n) is 16.1. The predicted octanol–water partition coefficient (Wildman–Crippen LogP) is -1.73. The molecule has 12 heteroatoms. The van der Waals surface area contributed by atoms with E-state index < -0.39 is 47.3 Å². The molecule has 0 aliphatic heterocycles. The Morgan fingerprint density at radius 1 is 0.714 bits per heavy atom. The summed E-state index contributed by atoms with van der Waals surface area (Å²) in [5.74, 6) is -5.58. The smallest absolute Gasteiger partial charge is 0.339 e. The van der Waals surface area contributed by atoms with E-state index >= 15 is 0 Å². The summed E-state index contributed by atoms with van der Waals surface area (Å²) < 4.78 is 8.79. The van der Waals surface area contributed by atoms with Gasteiger partial charge in [-0.05, 0) is 26.7 Å². The van der Waals surface area contributed by atoms with Crippen molar-refractivity contribution in [1.82, 2.24) is 0 Å². The summed E-state index contributed by atoms with van der Waals surface area (Å²) in [5, 5.41) is 54.6. The SMILES string of the molecule is CCOC(=O)[C@H](O)[C@@H](O)C(=O)OCC.CC[C@](O)(C(=O)O)[C@](O)(CC)C(=O)O. The standard InChI is InChI=1S/2C8H14O6/c1-3-7(13,5(9)10)8(14,4-2)6(11)12;1-3-13-7(11)5(9)6(10)8(12)14-4-2/h13-14H,3-4H2,1-2H3,(H,9,10)(H,11,12);5-6,9-10H,3-4H2,1-2H3/t7-,8-;5-,6-/m01/s1. The van der Waals surface area contributed by atoms with Crippen molar-refractivity contribution < 1.29 is 59.3 Å². The number of rotatable bonds is 10. The van der Waals surface area contributed by atoms with Gasteiger partial charge in [0.1, 0.15) is 0 Å². The van der Waals surface area contributed by atoms with E-state index in [1.54, 1.807) is 13.8 Å². The number of aliphatic hydroxyl groups is 4. The van der Waals surface area contributed by atoms with Crippen molar-refractivity contribution in [2.24, 2.45) is 0 Å². The van der Waals surface area contributed by atoms with Crippen molar-refractivity contribution in [3.05, 3.63) is 0 Å². The minimum atomic E-state index is -2.66. The van der Waals surface area contributed by atoms with E-state index in [0.717, 1.165) is 0 Å². The van der Waals surface area contributed by atoms with Crippen LogP contribution in [0.25, 0.3) is 0 Å².